The Morgan fingerprint density at radius 2 is 2.21 bits per heavy atom. The summed E-state index contributed by atoms with van der Waals surface area (Å²) in [5.74, 6) is -0.389. The molecule has 3 nitrogen and oxygen atoms in total. The van der Waals surface area contributed by atoms with E-state index in [0.717, 1.165) is 32.2 Å². The molecule has 0 aromatic heterocycles. The van der Waals surface area contributed by atoms with E-state index >= 15 is 0 Å². The average molecular weight is 264 g/mol. The number of halogens is 1. The minimum Gasteiger partial charge on any atom is -0.311 e. The molecule has 0 saturated carbocycles. The molecule has 1 amide bonds. The van der Waals surface area contributed by atoms with Crippen molar-refractivity contribution in [3.8, 4) is 0 Å². The Morgan fingerprint density at radius 3 is 2.79 bits per heavy atom. The minimum absolute atomic E-state index is 0.0306. The molecule has 1 aliphatic rings. The first-order chi connectivity index (χ1) is 9.10. The van der Waals surface area contributed by atoms with Crippen molar-refractivity contribution in [1.29, 1.82) is 0 Å². The molecule has 1 aromatic carbocycles. The van der Waals surface area contributed by atoms with Gasteiger partial charge in [-0.25, -0.2) is 4.39 Å². The number of rotatable bonds is 4. The van der Waals surface area contributed by atoms with E-state index in [-0.39, 0.29) is 11.7 Å². The van der Waals surface area contributed by atoms with Crippen molar-refractivity contribution in [3.05, 3.63) is 30.1 Å². The van der Waals surface area contributed by atoms with Gasteiger partial charge < -0.3 is 10.2 Å². The van der Waals surface area contributed by atoms with Gasteiger partial charge in [0, 0.05) is 7.05 Å². The lowest BCUT2D eigenvalue weighted by molar-refractivity contribution is -0.124. The molecule has 1 saturated heterocycles. The number of hydrogen-bond acceptors (Lipinski definition) is 2. The van der Waals surface area contributed by atoms with Gasteiger partial charge in [-0.3, -0.25) is 4.79 Å². The zero-order chi connectivity index (χ0) is 13.9. The Hall–Kier alpha value is -1.42. The van der Waals surface area contributed by atoms with Gasteiger partial charge in [-0.2, -0.15) is 0 Å². The van der Waals surface area contributed by atoms with Crippen LogP contribution >= 0.6 is 0 Å². The van der Waals surface area contributed by atoms with Crippen LogP contribution in [0.5, 0.6) is 0 Å². The Kier molecular flexibility index (Phi) is 4.20. The summed E-state index contributed by atoms with van der Waals surface area (Å²) in [6, 6.07) is 6.40. The van der Waals surface area contributed by atoms with E-state index in [1.165, 1.54) is 11.0 Å². The number of hydrogen-bond donors (Lipinski definition) is 1. The third kappa shape index (κ3) is 2.63. The highest BCUT2D eigenvalue weighted by Crippen LogP contribution is 2.29. The van der Waals surface area contributed by atoms with Crippen molar-refractivity contribution in [2.75, 3.05) is 18.5 Å². The zero-order valence-corrected chi connectivity index (χ0v) is 11.6. The second-order valence-corrected chi connectivity index (χ2v) is 5.18. The van der Waals surface area contributed by atoms with E-state index in [9.17, 15) is 9.18 Å². The maximum atomic E-state index is 13.8. The standard InChI is InChI=1S/C15H21FN2O/c1-3-9-15(10-6-11-17-15)14(19)18(2)13-8-5-4-7-12(13)16/h4-5,7-8,17H,3,6,9-11H2,1-2H3. The van der Waals surface area contributed by atoms with E-state index in [1.54, 1.807) is 25.2 Å². The molecule has 1 atom stereocenters. The number of para-hydroxylation sites is 1. The van der Waals surface area contributed by atoms with Crippen LogP contribution in [0.3, 0.4) is 0 Å². The summed E-state index contributed by atoms with van der Waals surface area (Å²) >= 11 is 0. The fraction of sp³-hybridized carbons (Fsp3) is 0.533. The lowest BCUT2D eigenvalue weighted by atomic mass is 9.90. The minimum atomic E-state index is -0.508. The molecule has 1 unspecified atom stereocenters. The highest BCUT2D eigenvalue weighted by atomic mass is 19.1. The second kappa shape index (κ2) is 5.70. The van der Waals surface area contributed by atoms with Crippen LogP contribution in [0.4, 0.5) is 10.1 Å². The molecule has 4 heteroatoms. The molecule has 1 N–H and O–H groups in total. The molecule has 1 heterocycles. The highest BCUT2D eigenvalue weighted by Gasteiger charge is 2.42. The smallest absolute Gasteiger partial charge is 0.247 e. The lowest BCUT2D eigenvalue weighted by Crippen LogP contribution is -2.54. The predicted octanol–water partition coefficient (Wildman–Crippen LogP) is 2.71. The Balaban J connectivity index is 2.25. The van der Waals surface area contributed by atoms with Gasteiger partial charge in [-0.1, -0.05) is 25.5 Å². The van der Waals surface area contributed by atoms with Gasteiger partial charge in [0.05, 0.1) is 11.2 Å². The third-order valence-corrected chi connectivity index (χ3v) is 3.85. The molecule has 104 valence electrons. The molecule has 0 aliphatic carbocycles. The third-order valence-electron chi connectivity index (χ3n) is 3.85. The SMILES string of the molecule is CCCC1(C(=O)N(C)c2ccccc2F)CCCN1. The number of nitrogens with zero attached hydrogens (tertiary/aromatic N) is 1. The van der Waals surface area contributed by atoms with Crippen molar-refractivity contribution < 1.29 is 9.18 Å². The highest BCUT2D eigenvalue weighted by molar-refractivity contribution is 6.00. The van der Waals surface area contributed by atoms with Crippen molar-refractivity contribution in [2.24, 2.45) is 0 Å². The first-order valence-corrected chi connectivity index (χ1v) is 6.88. The second-order valence-electron chi connectivity index (χ2n) is 5.18. The van der Waals surface area contributed by atoms with Gasteiger partial charge in [0.15, 0.2) is 0 Å². The first kappa shape index (κ1) is 14.0. The molecule has 1 aliphatic heterocycles. The number of carbonyl (C=O) groups excluding carboxylic acids is 1. The van der Waals surface area contributed by atoms with Crippen LogP contribution in [0, 0.1) is 5.82 Å². The summed E-state index contributed by atoms with van der Waals surface area (Å²) in [6.07, 6.45) is 3.56. The maximum absolute atomic E-state index is 13.8. The normalized spacial score (nSPS) is 22.5. The van der Waals surface area contributed by atoms with Crippen molar-refractivity contribution >= 4 is 11.6 Å². The van der Waals surface area contributed by atoms with E-state index in [4.69, 9.17) is 0 Å². The molecule has 2 rings (SSSR count). The van der Waals surface area contributed by atoms with Crippen LogP contribution in [-0.4, -0.2) is 25.0 Å². The van der Waals surface area contributed by atoms with Crippen LogP contribution in [-0.2, 0) is 4.79 Å². The van der Waals surface area contributed by atoms with E-state index in [2.05, 4.69) is 12.2 Å². The number of benzene rings is 1. The Morgan fingerprint density at radius 1 is 1.47 bits per heavy atom. The topological polar surface area (TPSA) is 32.3 Å². The van der Waals surface area contributed by atoms with Gasteiger partial charge in [-0.05, 0) is 37.9 Å². The fourth-order valence-corrected chi connectivity index (χ4v) is 2.89. The molecule has 1 aromatic rings. The summed E-state index contributed by atoms with van der Waals surface area (Å²) in [5.41, 5.74) is -0.164. The largest absolute Gasteiger partial charge is 0.311 e. The predicted molar refractivity (Wildman–Crippen MR) is 74.7 cm³/mol. The van der Waals surface area contributed by atoms with Crippen molar-refractivity contribution in [1.82, 2.24) is 5.32 Å². The van der Waals surface area contributed by atoms with Crippen LogP contribution in [0.2, 0.25) is 0 Å². The summed E-state index contributed by atoms with van der Waals surface area (Å²) in [7, 11) is 1.65. The molecular weight excluding hydrogens is 243 g/mol. The van der Waals surface area contributed by atoms with Crippen LogP contribution in [0.15, 0.2) is 24.3 Å². The quantitative estimate of drug-likeness (QED) is 0.907. The maximum Gasteiger partial charge on any atom is 0.247 e. The van der Waals surface area contributed by atoms with Crippen LogP contribution in [0.1, 0.15) is 32.6 Å². The molecule has 0 radical (unpaired) electrons. The number of likely N-dealkylation sites (N-methyl/N-ethyl adjacent to an activating group) is 1. The van der Waals surface area contributed by atoms with Gasteiger partial charge in [0.2, 0.25) is 5.91 Å². The molecule has 19 heavy (non-hydrogen) atoms. The summed E-state index contributed by atoms with van der Waals surface area (Å²) in [5, 5.41) is 3.33. The summed E-state index contributed by atoms with van der Waals surface area (Å²) < 4.78 is 13.8. The fourth-order valence-electron chi connectivity index (χ4n) is 2.89. The number of amides is 1. The van der Waals surface area contributed by atoms with Crippen molar-refractivity contribution in [3.63, 3.8) is 0 Å². The number of nitrogens with one attached hydrogen (secondary N) is 1. The Bertz CT molecular complexity index is 455. The molecule has 0 bridgehead atoms. The van der Waals surface area contributed by atoms with E-state index in [1.807, 2.05) is 0 Å². The van der Waals surface area contributed by atoms with Gasteiger partial charge in [0.25, 0.3) is 0 Å². The summed E-state index contributed by atoms with van der Waals surface area (Å²) in [6.45, 7) is 2.93. The lowest BCUT2D eigenvalue weighted by Gasteiger charge is -2.32. The van der Waals surface area contributed by atoms with Crippen molar-refractivity contribution in [2.45, 2.75) is 38.1 Å². The molecule has 1 fully saturated rings. The van der Waals surface area contributed by atoms with E-state index in [0.29, 0.717) is 5.69 Å². The number of carbonyl (C=O) groups is 1. The molecular formula is C15H21FN2O. The van der Waals surface area contributed by atoms with Gasteiger partial charge >= 0.3 is 0 Å². The Labute approximate surface area is 113 Å². The number of anilines is 1. The van der Waals surface area contributed by atoms with Gasteiger partial charge in [-0.15, -0.1) is 0 Å². The summed E-state index contributed by atoms with van der Waals surface area (Å²) in [4.78, 5) is 14.2. The molecule has 0 spiro atoms. The van der Waals surface area contributed by atoms with E-state index < -0.39 is 5.54 Å². The van der Waals surface area contributed by atoms with Crippen LogP contribution < -0.4 is 10.2 Å². The monoisotopic (exact) mass is 264 g/mol. The van der Waals surface area contributed by atoms with Gasteiger partial charge in [0.1, 0.15) is 5.82 Å². The first-order valence-electron chi connectivity index (χ1n) is 6.88. The average Bonchev–Trinajstić information content (AvgIpc) is 2.88. The zero-order valence-electron chi connectivity index (χ0n) is 11.6. The van der Waals surface area contributed by atoms with Crippen LogP contribution in [0.25, 0.3) is 0 Å².